The van der Waals surface area contributed by atoms with Crippen LogP contribution in [0.4, 0.5) is 10.5 Å². The lowest BCUT2D eigenvalue weighted by Crippen LogP contribution is -2.38. The summed E-state index contributed by atoms with van der Waals surface area (Å²) in [5, 5.41) is 0. The number of nitrogens with zero attached hydrogens (tertiary/aromatic N) is 2. The number of amides is 1. The Morgan fingerprint density at radius 1 is 1.21 bits per heavy atom. The highest BCUT2D eigenvalue weighted by molar-refractivity contribution is 5.70. The Balaban J connectivity index is 1.63. The zero-order chi connectivity index (χ0) is 20.4. The molecule has 1 amide bonds. The van der Waals surface area contributed by atoms with E-state index in [4.69, 9.17) is 4.74 Å². The Labute approximate surface area is 173 Å². The smallest absolute Gasteiger partial charge is 0.414 e. The lowest BCUT2D eigenvalue weighted by Gasteiger charge is -2.30. The third-order valence-corrected chi connectivity index (χ3v) is 6.21. The van der Waals surface area contributed by atoms with Crippen molar-refractivity contribution in [2.24, 2.45) is 0 Å². The molecule has 0 unspecified atom stereocenters. The molecule has 0 spiro atoms. The van der Waals surface area contributed by atoms with Crippen LogP contribution in [0, 0.1) is 6.92 Å². The van der Waals surface area contributed by atoms with Gasteiger partial charge in [-0.25, -0.2) is 4.79 Å². The van der Waals surface area contributed by atoms with Crippen molar-refractivity contribution in [3.63, 3.8) is 0 Å². The molecule has 4 heteroatoms. The summed E-state index contributed by atoms with van der Waals surface area (Å²) in [5.41, 5.74) is 5.28. The van der Waals surface area contributed by atoms with Gasteiger partial charge in [0.25, 0.3) is 0 Å². The lowest BCUT2D eigenvalue weighted by atomic mass is 9.92. The molecule has 4 nitrogen and oxygen atoms in total. The molecule has 0 radical (unpaired) electrons. The van der Waals surface area contributed by atoms with Crippen molar-refractivity contribution in [2.45, 2.75) is 52.1 Å². The van der Waals surface area contributed by atoms with Gasteiger partial charge in [0.2, 0.25) is 0 Å². The first-order valence-corrected chi connectivity index (χ1v) is 10.6. The van der Waals surface area contributed by atoms with Gasteiger partial charge >= 0.3 is 6.09 Å². The highest BCUT2D eigenvalue weighted by Crippen LogP contribution is 2.45. The predicted octanol–water partition coefficient (Wildman–Crippen LogP) is 5.62. The quantitative estimate of drug-likeness (QED) is 0.637. The fraction of sp³-hybridized carbons (Fsp3) is 0.400. The van der Waals surface area contributed by atoms with Crippen LogP contribution in [0.2, 0.25) is 0 Å². The van der Waals surface area contributed by atoms with Crippen LogP contribution in [0.5, 0.6) is 0 Å². The first-order chi connectivity index (χ1) is 14.1. The zero-order valence-corrected chi connectivity index (χ0v) is 17.6. The SMILES string of the molecule is C/C=C(\C)OC(=O)N1CCC[C@H]2[C@@H](C1)c1cc(C)ccc1N2Cc1ccccc1. The maximum Gasteiger partial charge on any atom is 0.414 e. The molecule has 0 bridgehead atoms. The number of anilines is 1. The van der Waals surface area contributed by atoms with E-state index in [-0.39, 0.29) is 6.09 Å². The second-order valence-corrected chi connectivity index (χ2v) is 8.21. The molecule has 2 aliphatic heterocycles. The Kier molecular flexibility index (Phi) is 5.61. The van der Waals surface area contributed by atoms with E-state index in [1.807, 2.05) is 24.8 Å². The number of ether oxygens (including phenoxy) is 1. The van der Waals surface area contributed by atoms with Crippen LogP contribution in [-0.2, 0) is 11.3 Å². The Morgan fingerprint density at radius 3 is 2.76 bits per heavy atom. The molecule has 2 heterocycles. The number of hydrogen-bond acceptors (Lipinski definition) is 3. The van der Waals surface area contributed by atoms with Crippen LogP contribution in [0.1, 0.15) is 49.3 Å². The summed E-state index contributed by atoms with van der Waals surface area (Å²) in [4.78, 5) is 17.2. The van der Waals surface area contributed by atoms with Gasteiger partial charge in [-0.05, 0) is 56.9 Å². The number of carbonyl (C=O) groups excluding carboxylic acids is 1. The molecule has 1 saturated heterocycles. The summed E-state index contributed by atoms with van der Waals surface area (Å²) in [5.74, 6) is 0.971. The van der Waals surface area contributed by atoms with Crippen LogP contribution >= 0.6 is 0 Å². The van der Waals surface area contributed by atoms with Crippen molar-refractivity contribution in [3.8, 4) is 0 Å². The fourth-order valence-electron chi connectivity index (χ4n) is 4.64. The molecular formula is C25H30N2O2. The van der Waals surface area contributed by atoms with Gasteiger partial charge < -0.3 is 14.5 Å². The molecule has 0 N–H and O–H groups in total. The minimum atomic E-state index is -0.225. The Hall–Kier alpha value is -2.75. The van der Waals surface area contributed by atoms with Gasteiger partial charge in [-0.3, -0.25) is 0 Å². The van der Waals surface area contributed by atoms with Crippen LogP contribution < -0.4 is 4.90 Å². The molecule has 2 aliphatic rings. The summed E-state index contributed by atoms with van der Waals surface area (Å²) in [6, 6.07) is 17.8. The summed E-state index contributed by atoms with van der Waals surface area (Å²) in [6.45, 7) is 8.23. The van der Waals surface area contributed by atoms with E-state index >= 15 is 0 Å². The number of likely N-dealkylation sites (tertiary alicyclic amines) is 1. The molecule has 1 fully saturated rings. The fourth-order valence-corrected chi connectivity index (χ4v) is 4.64. The van der Waals surface area contributed by atoms with Crippen molar-refractivity contribution in [2.75, 3.05) is 18.0 Å². The van der Waals surface area contributed by atoms with E-state index in [1.54, 1.807) is 0 Å². The minimum absolute atomic E-state index is 0.225. The molecule has 0 aliphatic carbocycles. The van der Waals surface area contributed by atoms with E-state index in [1.165, 1.54) is 22.4 Å². The van der Waals surface area contributed by atoms with Gasteiger partial charge in [-0.15, -0.1) is 0 Å². The normalized spacial score (nSPS) is 21.4. The second kappa shape index (κ2) is 8.32. The molecular weight excluding hydrogens is 360 g/mol. The highest BCUT2D eigenvalue weighted by Gasteiger charge is 2.41. The van der Waals surface area contributed by atoms with E-state index in [9.17, 15) is 4.79 Å². The third kappa shape index (κ3) is 4.02. The van der Waals surface area contributed by atoms with E-state index in [0.29, 0.717) is 24.3 Å². The monoisotopic (exact) mass is 390 g/mol. The standard InChI is InChI=1S/C25H30N2O2/c1-4-19(3)29-25(28)26-14-8-11-23-22(17-26)21-15-18(2)12-13-24(21)27(23)16-20-9-6-5-7-10-20/h4-7,9-10,12-13,15,22-23H,8,11,14,16-17H2,1-3H3/b19-4+/t22-,23-/m0/s1. The topological polar surface area (TPSA) is 32.8 Å². The Morgan fingerprint density at radius 2 is 2.00 bits per heavy atom. The molecule has 2 atom stereocenters. The number of aryl methyl sites for hydroxylation is 1. The Bertz CT molecular complexity index is 906. The van der Waals surface area contributed by atoms with Crippen LogP contribution in [0.25, 0.3) is 0 Å². The maximum absolute atomic E-state index is 12.7. The largest absolute Gasteiger partial charge is 0.415 e. The molecule has 29 heavy (non-hydrogen) atoms. The lowest BCUT2D eigenvalue weighted by molar-refractivity contribution is 0.128. The number of benzene rings is 2. The molecule has 0 saturated carbocycles. The van der Waals surface area contributed by atoms with Gasteiger partial charge in [-0.1, -0.05) is 48.0 Å². The summed E-state index contributed by atoms with van der Waals surface area (Å²) >= 11 is 0. The van der Waals surface area contributed by atoms with E-state index < -0.39 is 0 Å². The number of allylic oxidation sites excluding steroid dienone is 2. The summed E-state index contributed by atoms with van der Waals surface area (Å²) in [6.07, 6.45) is 3.67. The van der Waals surface area contributed by atoms with Crippen LogP contribution in [-0.4, -0.2) is 30.1 Å². The summed E-state index contributed by atoms with van der Waals surface area (Å²) < 4.78 is 5.51. The number of fused-ring (bicyclic) bond motifs is 3. The summed E-state index contributed by atoms with van der Waals surface area (Å²) in [7, 11) is 0. The predicted molar refractivity (Wildman–Crippen MR) is 117 cm³/mol. The number of carbonyl (C=O) groups is 1. The average molecular weight is 391 g/mol. The molecule has 2 aromatic carbocycles. The van der Waals surface area contributed by atoms with Crippen molar-refractivity contribution < 1.29 is 9.53 Å². The van der Waals surface area contributed by atoms with Crippen LogP contribution in [0.15, 0.2) is 60.4 Å². The van der Waals surface area contributed by atoms with Gasteiger partial charge in [0.15, 0.2) is 0 Å². The third-order valence-electron chi connectivity index (χ3n) is 6.21. The van der Waals surface area contributed by atoms with Crippen molar-refractivity contribution in [1.29, 1.82) is 0 Å². The number of rotatable bonds is 3. The van der Waals surface area contributed by atoms with Gasteiger partial charge in [0, 0.05) is 37.3 Å². The van der Waals surface area contributed by atoms with Crippen LogP contribution in [0.3, 0.4) is 0 Å². The highest BCUT2D eigenvalue weighted by atomic mass is 16.6. The first kappa shape index (κ1) is 19.6. The molecule has 4 rings (SSSR count). The average Bonchev–Trinajstić information content (AvgIpc) is 2.87. The van der Waals surface area contributed by atoms with E-state index in [2.05, 4.69) is 60.4 Å². The van der Waals surface area contributed by atoms with Gasteiger partial charge in [-0.2, -0.15) is 0 Å². The zero-order valence-electron chi connectivity index (χ0n) is 17.6. The van der Waals surface area contributed by atoms with Crippen molar-refractivity contribution >= 4 is 11.8 Å². The van der Waals surface area contributed by atoms with Gasteiger partial charge in [0.05, 0.1) is 0 Å². The maximum atomic E-state index is 12.7. The second-order valence-electron chi connectivity index (χ2n) is 8.21. The first-order valence-electron chi connectivity index (χ1n) is 10.6. The molecule has 152 valence electrons. The molecule has 0 aromatic heterocycles. The van der Waals surface area contributed by atoms with Crippen molar-refractivity contribution in [3.05, 3.63) is 77.1 Å². The minimum Gasteiger partial charge on any atom is -0.415 e. The number of hydrogen-bond donors (Lipinski definition) is 0. The molecule has 2 aromatic rings. The van der Waals surface area contributed by atoms with Crippen molar-refractivity contribution in [1.82, 2.24) is 4.90 Å². The van der Waals surface area contributed by atoms with E-state index in [0.717, 1.165) is 25.9 Å². The van der Waals surface area contributed by atoms with Gasteiger partial charge in [0.1, 0.15) is 5.76 Å².